The van der Waals surface area contributed by atoms with Gasteiger partial charge in [-0.15, -0.1) is 12.4 Å². The van der Waals surface area contributed by atoms with E-state index in [4.69, 9.17) is 16.7 Å². The monoisotopic (exact) mass is 179 g/mol. The highest BCUT2D eigenvalue weighted by Crippen LogP contribution is 2.00. The van der Waals surface area contributed by atoms with E-state index in [1.807, 2.05) is 0 Å². The third-order valence-corrected chi connectivity index (χ3v) is 0.976. The molecule has 62 valence electrons. The average Bonchev–Trinajstić information content (AvgIpc) is 2.28. The van der Waals surface area contributed by atoms with Crippen molar-refractivity contribution in [3.8, 4) is 0 Å². The normalized spacial score (nSPS) is 23.4. The predicted molar refractivity (Wildman–Crippen MR) is 51.0 cm³/mol. The van der Waals surface area contributed by atoms with E-state index in [1.54, 1.807) is 0 Å². The minimum Gasteiger partial charge on any atom is -0.328 e. The molecule has 0 aliphatic carbocycles. The first kappa shape index (κ1) is 3.08. The topological polar surface area (TPSA) is 26.0 Å². The zero-order valence-corrected chi connectivity index (χ0v) is 6.59. The molecule has 0 fully saturated rings. The van der Waals surface area contributed by atoms with Crippen LogP contribution in [-0.4, -0.2) is 6.04 Å². The van der Waals surface area contributed by atoms with Crippen LogP contribution in [0.25, 0.3) is 0 Å². The van der Waals surface area contributed by atoms with Gasteiger partial charge in [0, 0.05) is 10.2 Å². The average molecular weight is 180 g/mol. The van der Waals surface area contributed by atoms with E-state index in [2.05, 4.69) is 0 Å². The second-order valence-corrected chi connectivity index (χ2v) is 1.91. The number of nitrogens with two attached hydrogens (primary N) is 1. The standard InChI is InChI=1S/C9H13N.ClH/c1-8(10)7-9-5-3-2-4-6-9;/h2-6,8H,7,10H2,1H3;1H/i1D3,2D,3D,4D,5D,6D;. The quantitative estimate of drug-likeness (QED) is 0.739. The fraction of sp³-hybridized carbons (Fsp3) is 0.333. The molecule has 2 heteroatoms. The molecule has 0 bridgehead atoms. The lowest BCUT2D eigenvalue weighted by atomic mass is 10.1. The van der Waals surface area contributed by atoms with E-state index in [9.17, 15) is 0 Å². The van der Waals surface area contributed by atoms with Crippen LogP contribution in [0.4, 0.5) is 0 Å². The fourth-order valence-electron chi connectivity index (χ4n) is 0.598. The van der Waals surface area contributed by atoms with Crippen LogP contribution in [0, 0.1) is 0 Å². The first-order valence-corrected chi connectivity index (χ1v) is 2.88. The maximum absolute atomic E-state index is 7.62. The number of rotatable bonds is 2. The Morgan fingerprint density at radius 3 is 2.73 bits per heavy atom. The van der Waals surface area contributed by atoms with Crippen LogP contribution >= 0.6 is 12.4 Å². The maximum Gasteiger partial charge on any atom is 0.0626 e. The van der Waals surface area contributed by atoms with Crippen molar-refractivity contribution in [1.29, 1.82) is 0 Å². The summed E-state index contributed by atoms with van der Waals surface area (Å²) in [6.07, 6.45) is -0.286. The van der Waals surface area contributed by atoms with Crippen LogP contribution < -0.4 is 5.73 Å². The summed E-state index contributed by atoms with van der Waals surface area (Å²) in [5.74, 6) is 0. The van der Waals surface area contributed by atoms with Crippen molar-refractivity contribution in [2.24, 2.45) is 5.73 Å². The van der Waals surface area contributed by atoms with Gasteiger partial charge in [0.25, 0.3) is 0 Å². The minimum absolute atomic E-state index is 0. The van der Waals surface area contributed by atoms with Crippen molar-refractivity contribution in [2.75, 3.05) is 0 Å². The molecule has 2 N–H and O–H groups in total. The van der Waals surface area contributed by atoms with Crippen molar-refractivity contribution in [3.05, 3.63) is 35.8 Å². The SMILES string of the molecule is Cl.[2H]c1c([2H])c([2H])c(CC(N)C([2H])([2H])[2H])c([2H])c1[2H]. The summed E-state index contributed by atoms with van der Waals surface area (Å²) in [4.78, 5) is 0. The number of benzene rings is 1. The summed E-state index contributed by atoms with van der Waals surface area (Å²) >= 11 is 0. The summed E-state index contributed by atoms with van der Waals surface area (Å²) in [5, 5.41) is 0. The summed E-state index contributed by atoms with van der Waals surface area (Å²) in [5.41, 5.74) is 5.40. The van der Waals surface area contributed by atoms with E-state index in [0.717, 1.165) is 0 Å². The molecule has 0 amide bonds. The number of hydrogen-bond acceptors (Lipinski definition) is 1. The van der Waals surface area contributed by atoms with Gasteiger partial charge >= 0.3 is 0 Å². The van der Waals surface area contributed by atoms with E-state index >= 15 is 0 Å². The van der Waals surface area contributed by atoms with Gasteiger partial charge < -0.3 is 5.73 Å². The molecule has 0 saturated heterocycles. The van der Waals surface area contributed by atoms with Crippen molar-refractivity contribution in [1.82, 2.24) is 0 Å². The van der Waals surface area contributed by atoms with Crippen molar-refractivity contribution < 1.29 is 11.0 Å². The van der Waals surface area contributed by atoms with Gasteiger partial charge in [-0.1, -0.05) is 30.2 Å². The summed E-state index contributed by atoms with van der Waals surface area (Å²) in [6, 6.07) is -3.54. The van der Waals surface area contributed by atoms with E-state index < -0.39 is 43.1 Å². The highest BCUT2D eigenvalue weighted by atomic mass is 35.5. The Morgan fingerprint density at radius 1 is 1.55 bits per heavy atom. The maximum atomic E-state index is 7.62. The van der Waals surface area contributed by atoms with Crippen molar-refractivity contribution in [3.63, 3.8) is 0 Å². The molecule has 1 aromatic rings. The molecule has 1 rings (SSSR count). The Bertz CT molecular complexity index is 443. The predicted octanol–water partition coefficient (Wildman–Crippen LogP) is 2.00. The Hall–Kier alpha value is -0.530. The van der Waals surface area contributed by atoms with Gasteiger partial charge in [-0.2, -0.15) is 0 Å². The number of hydrogen-bond donors (Lipinski definition) is 1. The van der Waals surface area contributed by atoms with Crippen LogP contribution in [0.5, 0.6) is 0 Å². The molecule has 0 aliphatic rings. The van der Waals surface area contributed by atoms with E-state index in [0.29, 0.717) is 0 Å². The largest absolute Gasteiger partial charge is 0.328 e. The highest BCUT2D eigenvalue weighted by Gasteiger charge is 1.94. The van der Waals surface area contributed by atoms with Crippen LogP contribution in [0.1, 0.15) is 23.4 Å². The zero-order valence-electron chi connectivity index (χ0n) is 13.8. The minimum atomic E-state index is -2.43. The molecule has 11 heavy (non-hydrogen) atoms. The Morgan fingerprint density at radius 2 is 2.18 bits per heavy atom. The Balaban J connectivity index is 0.00000324. The summed E-state index contributed by atoms with van der Waals surface area (Å²) in [7, 11) is 0. The summed E-state index contributed by atoms with van der Waals surface area (Å²) < 4.78 is 58.9. The molecule has 0 aliphatic heterocycles. The van der Waals surface area contributed by atoms with Gasteiger partial charge in [-0.25, -0.2) is 0 Å². The molecule has 0 heterocycles. The zero-order chi connectivity index (χ0) is 14.2. The van der Waals surface area contributed by atoms with E-state index in [1.165, 1.54) is 0 Å². The number of halogens is 1. The van der Waals surface area contributed by atoms with Crippen LogP contribution in [0.3, 0.4) is 0 Å². The van der Waals surface area contributed by atoms with E-state index in [-0.39, 0.29) is 24.4 Å². The van der Waals surface area contributed by atoms with Crippen LogP contribution in [-0.2, 0) is 6.42 Å². The fourth-order valence-corrected chi connectivity index (χ4v) is 0.598. The molecule has 0 spiro atoms. The molecule has 0 saturated carbocycles. The summed E-state index contributed by atoms with van der Waals surface area (Å²) in [6.45, 7) is -2.43. The Labute approximate surface area is 85.3 Å². The molecular formula is C9H14ClN. The molecule has 0 radical (unpaired) electrons. The molecule has 1 atom stereocenters. The first-order chi connectivity index (χ1) is 8.07. The third kappa shape index (κ3) is 4.02. The second-order valence-electron chi connectivity index (χ2n) is 1.91. The third-order valence-electron chi connectivity index (χ3n) is 0.976. The van der Waals surface area contributed by atoms with Crippen molar-refractivity contribution in [2.45, 2.75) is 19.3 Å². The smallest absolute Gasteiger partial charge is 0.0626 e. The van der Waals surface area contributed by atoms with Gasteiger partial charge in [-0.3, -0.25) is 0 Å². The molecule has 1 nitrogen and oxygen atoms in total. The molecule has 0 aromatic heterocycles. The molecule has 1 aromatic carbocycles. The lowest BCUT2D eigenvalue weighted by Gasteiger charge is -2.02. The van der Waals surface area contributed by atoms with Gasteiger partial charge in [0.15, 0.2) is 0 Å². The second kappa shape index (κ2) is 5.16. The van der Waals surface area contributed by atoms with Gasteiger partial charge in [0.05, 0.1) is 6.85 Å². The lowest BCUT2D eigenvalue weighted by molar-refractivity contribution is 0.738. The van der Waals surface area contributed by atoms with Gasteiger partial charge in [0.1, 0.15) is 0 Å². The van der Waals surface area contributed by atoms with Crippen LogP contribution in [0.15, 0.2) is 30.2 Å². The van der Waals surface area contributed by atoms with Gasteiger partial charge in [0.2, 0.25) is 0 Å². The van der Waals surface area contributed by atoms with Crippen molar-refractivity contribution >= 4 is 12.4 Å². The van der Waals surface area contributed by atoms with Gasteiger partial charge in [-0.05, 0) is 18.8 Å². The molecule has 1 unspecified atom stereocenters. The lowest BCUT2D eigenvalue weighted by Crippen LogP contribution is -2.17. The molecular weight excluding hydrogens is 158 g/mol. The van der Waals surface area contributed by atoms with Crippen LogP contribution in [0.2, 0.25) is 0 Å². The first-order valence-electron chi connectivity index (χ1n) is 6.88. The Kier molecular flexibility index (Phi) is 1.44. The highest BCUT2D eigenvalue weighted by molar-refractivity contribution is 5.85.